The summed E-state index contributed by atoms with van der Waals surface area (Å²) in [6.07, 6.45) is 12.9. The number of aromatic hydroxyl groups is 1. The minimum atomic E-state index is 0. The first-order valence-corrected chi connectivity index (χ1v) is 12.9. The molecule has 2 aliphatic rings. The monoisotopic (exact) mass is 497 g/mol. The molecule has 2 aliphatic heterocycles. The van der Waals surface area contributed by atoms with E-state index in [1.165, 1.54) is 60.9 Å². The molecule has 2 aromatic carbocycles. The number of phenols is 1. The number of pyridine rings is 1. The summed E-state index contributed by atoms with van der Waals surface area (Å²) in [7, 11) is 1.60. The normalized spacial score (nSPS) is 13.7. The number of rotatable bonds is 9. The molecule has 0 saturated heterocycles. The average Bonchev–Trinajstić information content (AvgIpc) is 2.87. The predicted molar refractivity (Wildman–Crippen MR) is 134 cm³/mol. The minimum Gasteiger partial charge on any atom is -1.00 e. The SMILES string of the molecule is CCCCCCCCCc1c2[n+](cc3c(O)c(OC)ccc13)CCc1cc3c(cc1-2)OCCO3.[Cl-]. The number of ether oxygens (including phenoxy) is 3. The van der Waals surface area contributed by atoms with Gasteiger partial charge in [-0.1, -0.05) is 45.4 Å². The summed E-state index contributed by atoms with van der Waals surface area (Å²) < 4.78 is 19.5. The third-order valence-electron chi connectivity index (χ3n) is 7.26. The minimum absolute atomic E-state index is 0. The van der Waals surface area contributed by atoms with Crippen molar-refractivity contribution in [1.82, 2.24) is 0 Å². The van der Waals surface area contributed by atoms with Crippen LogP contribution >= 0.6 is 0 Å². The van der Waals surface area contributed by atoms with Gasteiger partial charge < -0.3 is 31.7 Å². The Morgan fingerprint density at radius 2 is 1.66 bits per heavy atom. The van der Waals surface area contributed by atoms with Crippen LogP contribution in [0.15, 0.2) is 30.5 Å². The third-order valence-corrected chi connectivity index (χ3v) is 7.26. The van der Waals surface area contributed by atoms with Gasteiger partial charge in [0.05, 0.1) is 18.1 Å². The van der Waals surface area contributed by atoms with Crippen LogP contribution in [0.4, 0.5) is 0 Å². The smallest absolute Gasteiger partial charge is 0.216 e. The number of hydrogen-bond donors (Lipinski definition) is 1. The fourth-order valence-corrected chi connectivity index (χ4v) is 5.47. The highest BCUT2D eigenvalue weighted by Gasteiger charge is 2.31. The van der Waals surface area contributed by atoms with Crippen LogP contribution in [0.2, 0.25) is 0 Å². The lowest BCUT2D eigenvalue weighted by Gasteiger charge is -2.24. The molecule has 188 valence electrons. The van der Waals surface area contributed by atoms with Crippen LogP contribution in [0.3, 0.4) is 0 Å². The number of unbranched alkanes of at least 4 members (excludes halogenated alkanes) is 6. The van der Waals surface area contributed by atoms with E-state index in [2.05, 4.69) is 35.9 Å². The molecule has 5 rings (SSSR count). The second kappa shape index (κ2) is 11.4. The summed E-state index contributed by atoms with van der Waals surface area (Å²) in [6.45, 7) is 4.32. The van der Waals surface area contributed by atoms with Gasteiger partial charge in [-0.15, -0.1) is 0 Å². The number of halogens is 1. The van der Waals surface area contributed by atoms with E-state index in [0.717, 1.165) is 48.1 Å². The molecule has 6 heteroatoms. The number of methoxy groups -OCH3 is 1. The summed E-state index contributed by atoms with van der Waals surface area (Å²) in [4.78, 5) is 0. The van der Waals surface area contributed by atoms with Crippen LogP contribution in [0, 0.1) is 0 Å². The lowest BCUT2D eigenvalue weighted by atomic mass is 9.89. The molecule has 0 radical (unpaired) electrons. The van der Waals surface area contributed by atoms with Gasteiger partial charge in [0.1, 0.15) is 13.2 Å². The Balaban J connectivity index is 0.00000289. The van der Waals surface area contributed by atoms with Crippen molar-refractivity contribution in [1.29, 1.82) is 0 Å². The molecule has 35 heavy (non-hydrogen) atoms. The molecule has 3 aromatic rings. The highest BCUT2D eigenvalue weighted by atomic mass is 35.5. The molecule has 3 heterocycles. The Hall–Kier alpha value is -2.66. The van der Waals surface area contributed by atoms with E-state index < -0.39 is 0 Å². The van der Waals surface area contributed by atoms with Gasteiger partial charge in [-0.05, 0) is 42.7 Å². The van der Waals surface area contributed by atoms with Gasteiger partial charge in [-0.25, -0.2) is 0 Å². The van der Waals surface area contributed by atoms with Gasteiger partial charge in [0, 0.05) is 17.4 Å². The first-order valence-electron chi connectivity index (χ1n) is 12.9. The van der Waals surface area contributed by atoms with E-state index >= 15 is 0 Å². The molecule has 0 amide bonds. The van der Waals surface area contributed by atoms with E-state index in [-0.39, 0.29) is 18.2 Å². The first kappa shape index (κ1) is 25.4. The zero-order valence-electron chi connectivity index (χ0n) is 20.9. The topological polar surface area (TPSA) is 51.8 Å². The van der Waals surface area contributed by atoms with Gasteiger partial charge in [-0.3, -0.25) is 0 Å². The fourth-order valence-electron chi connectivity index (χ4n) is 5.47. The van der Waals surface area contributed by atoms with E-state index in [0.29, 0.717) is 19.0 Å². The Bertz CT molecular complexity index is 1190. The van der Waals surface area contributed by atoms with Gasteiger partial charge in [0.15, 0.2) is 35.7 Å². The van der Waals surface area contributed by atoms with Crippen LogP contribution in [-0.4, -0.2) is 25.4 Å². The summed E-state index contributed by atoms with van der Waals surface area (Å²) in [6, 6.07) is 8.33. The van der Waals surface area contributed by atoms with E-state index in [1.54, 1.807) is 7.11 Å². The van der Waals surface area contributed by atoms with Crippen molar-refractivity contribution in [3.8, 4) is 34.3 Å². The average molecular weight is 498 g/mol. The summed E-state index contributed by atoms with van der Waals surface area (Å²) in [5.74, 6) is 2.43. The van der Waals surface area contributed by atoms with Crippen molar-refractivity contribution < 1.29 is 36.3 Å². The van der Waals surface area contributed by atoms with Crippen LogP contribution in [0.1, 0.15) is 63.0 Å². The number of aromatic nitrogens is 1. The molecule has 0 spiro atoms. The quantitative estimate of drug-likeness (QED) is 0.364. The lowest BCUT2D eigenvalue weighted by Crippen LogP contribution is -3.00. The number of nitrogens with zero attached hydrogens (tertiary/aromatic N) is 1. The number of phenolic OH excluding ortho intramolecular Hbond substituents is 1. The standard InChI is InChI=1S/C29H35NO4.ClH/c1-3-4-5-6-7-8-9-10-22-21-11-12-25(32-2)29(31)24(21)19-30-14-13-20-17-26-27(34-16-15-33-26)18-23(20)28(22)30;/h11-12,17-19H,3-10,13-16H2,1-2H3;1H. The van der Waals surface area contributed by atoms with Gasteiger partial charge >= 0.3 is 0 Å². The van der Waals surface area contributed by atoms with E-state index in [1.807, 2.05) is 6.07 Å². The third kappa shape index (κ3) is 5.02. The number of benzene rings is 2. The van der Waals surface area contributed by atoms with Crippen LogP contribution in [-0.2, 0) is 19.4 Å². The summed E-state index contributed by atoms with van der Waals surface area (Å²) in [5, 5.41) is 12.9. The van der Waals surface area contributed by atoms with E-state index in [9.17, 15) is 5.11 Å². The van der Waals surface area contributed by atoms with Crippen molar-refractivity contribution in [3.05, 3.63) is 41.6 Å². The molecule has 0 saturated carbocycles. The van der Waals surface area contributed by atoms with Crippen molar-refractivity contribution in [2.75, 3.05) is 20.3 Å². The molecule has 0 unspecified atom stereocenters. The number of fused-ring (bicyclic) bond motifs is 5. The molecule has 0 atom stereocenters. The van der Waals surface area contributed by atoms with Crippen LogP contribution < -0.4 is 31.2 Å². The van der Waals surface area contributed by atoms with Gasteiger partial charge in [0.25, 0.3) is 0 Å². The molecule has 0 aliphatic carbocycles. The molecular formula is C29H36ClNO4. The second-order valence-corrected chi connectivity index (χ2v) is 9.50. The Labute approximate surface area is 214 Å². The van der Waals surface area contributed by atoms with Crippen LogP contribution in [0.5, 0.6) is 23.0 Å². The second-order valence-electron chi connectivity index (χ2n) is 9.50. The number of hydrogen-bond acceptors (Lipinski definition) is 4. The maximum absolute atomic E-state index is 10.9. The number of aryl methyl sites for hydroxylation is 3. The van der Waals surface area contributed by atoms with Crippen molar-refractivity contribution in [2.24, 2.45) is 0 Å². The molecule has 0 bridgehead atoms. The molecule has 1 aromatic heterocycles. The van der Waals surface area contributed by atoms with Gasteiger partial charge in [0.2, 0.25) is 5.69 Å². The maximum atomic E-state index is 10.9. The highest BCUT2D eigenvalue weighted by Crippen LogP contribution is 2.43. The first-order chi connectivity index (χ1) is 16.7. The maximum Gasteiger partial charge on any atom is 0.216 e. The molecule has 5 nitrogen and oxygen atoms in total. The summed E-state index contributed by atoms with van der Waals surface area (Å²) in [5.41, 5.74) is 5.09. The van der Waals surface area contributed by atoms with Gasteiger partial charge in [-0.2, -0.15) is 4.57 Å². The molecule has 1 N–H and O–H groups in total. The Morgan fingerprint density at radius 3 is 2.40 bits per heavy atom. The lowest BCUT2D eigenvalue weighted by molar-refractivity contribution is -0.686. The zero-order valence-corrected chi connectivity index (χ0v) is 21.6. The zero-order chi connectivity index (χ0) is 23.5. The van der Waals surface area contributed by atoms with Crippen molar-refractivity contribution >= 4 is 10.8 Å². The fraction of sp³-hybridized carbons (Fsp3) is 0.483. The summed E-state index contributed by atoms with van der Waals surface area (Å²) >= 11 is 0. The van der Waals surface area contributed by atoms with Crippen LogP contribution in [0.25, 0.3) is 22.0 Å². The highest BCUT2D eigenvalue weighted by molar-refractivity contribution is 5.94. The molecular weight excluding hydrogens is 462 g/mol. The van der Waals surface area contributed by atoms with Crippen molar-refractivity contribution in [2.45, 2.75) is 71.3 Å². The van der Waals surface area contributed by atoms with Crippen molar-refractivity contribution in [3.63, 3.8) is 0 Å². The predicted octanol–water partition coefficient (Wildman–Crippen LogP) is 3.13. The molecule has 0 fully saturated rings. The Kier molecular flexibility index (Phi) is 8.27. The van der Waals surface area contributed by atoms with E-state index in [4.69, 9.17) is 14.2 Å². The Morgan fingerprint density at radius 1 is 0.943 bits per heavy atom. The largest absolute Gasteiger partial charge is 1.00 e.